The Labute approximate surface area is 118 Å². The highest BCUT2D eigenvalue weighted by Crippen LogP contribution is 2.24. The number of carboxylic acid groups (broad SMARTS) is 1. The van der Waals surface area contributed by atoms with E-state index in [1.54, 1.807) is 6.07 Å². The topological polar surface area (TPSA) is 87.1 Å². The van der Waals surface area contributed by atoms with Crippen LogP contribution in [0.4, 0.5) is 17.3 Å². The summed E-state index contributed by atoms with van der Waals surface area (Å²) >= 11 is 3.42. The second-order valence-corrected chi connectivity index (χ2v) is 4.49. The zero-order valence-electron chi connectivity index (χ0n) is 9.80. The zero-order valence-corrected chi connectivity index (χ0v) is 11.4. The van der Waals surface area contributed by atoms with Gasteiger partial charge in [0.15, 0.2) is 0 Å². The predicted octanol–water partition coefficient (Wildman–Crippen LogP) is 2.48. The summed E-state index contributed by atoms with van der Waals surface area (Å²) in [6, 6.07) is 9.26. The van der Waals surface area contributed by atoms with Crippen LogP contribution in [-0.4, -0.2) is 27.6 Å². The molecule has 0 saturated carbocycles. The van der Waals surface area contributed by atoms with Crippen LogP contribution in [0.1, 0.15) is 0 Å². The molecule has 1 aromatic carbocycles. The van der Waals surface area contributed by atoms with E-state index < -0.39 is 5.97 Å². The maximum atomic E-state index is 10.5. The molecule has 0 fully saturated rings. The number of para-hydroxylation sites is 1. The first-order valence-electron chi connectivity index (χ1n) is 5.44. The lowest BCUT2D eigenvalue weighted by molar-refractivity contribution is -0.134. The first-order chi connectivity index (χ1) is 9.15. The van der Waals surface area contributed by atoms with Crippen molar-refractivity contribution in [2.45, 2.75) is 0 Å². The van der Waals surface area contributed by atoms with Gasteiger partial charge in [0.1, 0.15) is 24.5 Å². The predicted molar refractivity (Wildman–Crippen MR) is 75.6 cm³/mol. The summed E-state index contributed by atoms with van der Waals surface area (Å²) in [5, 5.41) is 14.4. The largest absolute Gasteiger partial charge is 0.480 e. The average Bonchev–Trinajstić information content (AvgIpc) is 2.40. The molecule has 1 aromatic heterocycles. The number of nitrogens with zero attached hydrogens (tertiary/aromatic N) is 2. The number of benzene rings is 1. The molecule has 0 bridgehead atoms. The molecule has 0 atom stereocenters. The smallest absolute Gasteiger partial charge is 0.322 e. The van der Waals surface area contributed by atoms with Gasteiger partial charge in [0.25, 0.3) is 0 Å². The first-order valence-corrected chi connectivity index (χ1v) is 6.24. The van der Waals surface area contributed by atoms with Crippen LogP contribution in [0.25, 0.3) is 0 Å². The van der Waals surface area contributed by atoms with E-state index in [0.717, 1.165) is 10.2 Å². The van der Waals surface area contributed by atoms with Crippen LogP contribution in [0.15, 0.2) is 41.1 Å². The Kier molecular flexibility index (Phi) is 4.30. The van der Waals surface area contributed by atoms with Crippen molar-refractivity contribution in [2.75, 3.05) is 17.2 Å². The second-order valence-electron chi connectivity index (χ2n) is 3.64. The second kappa shape index (κ2) is 6.14. The molecule has 0 aliphatic carbocycles. The molecule has 2 rings (SSSR count). The Morgan fingerprint density at radius 1 is 1.26 bits per heavy atom. The monoisotopic (exact) mass is 322 g/mol. The minimum atomic E-state index is -0.945. The number of halogens is 1. The van der Waals surface area contributed by atoms with Crippen molar-refractivity contribution in [3.8, 4) is 0 Å². The van der Waals surface area contributed by atoms with Crippen LogP contribution in [0.2, 0.25) is 0 Å². The van der Waals surface area contributed by atoms with E-state index in [9.17, 15) is 4.79 Å². The molecule has 98 valence electrons. The number of aromatic nitrogens is 2. The lowest BCUT2D eigenvalue weighted by Gasteiger charge is -2.08. The highest BCUT2D eigenvalue weighted by Gasteiger charge is 2.03. The normalized spacial score (nSPS) is 9.95. The van der Waals surface area contributed by atoms with Gasteiger partial charge in [0.2, 0.25) is 0 Å². The third-order valence-corrected chi connectivity index (χ3v) is 2.92. The van der Waals surface area contributed by atoms with Crippen LogP contribution in [-0.2, 0) is 4.79 Å². The summed E-state index contributed by atoms with van der Waals surface area (Å²) in [5.74, 6) is 0.0840. The third-order valence-electron chi connectivity index (χ3n) is 2.22. The molecule has 0 amide bonds. The van der Waals surface area contributed by atoms with Crippen molar-refractivity contribution in [3.63, 3.8) is 0 Å². The Balaban J connectivity index is 2.11. The maximum absolute atomic E-state index is 10.5. The first kappa shape index (κ1) is 13.3. The summed E-state index contributed by atoms with van der Waals surface area (Å²) in [6.45, 7) is -0.189. The number of rotatable bonds is 5. The number of carboxylic acids is 1. The van der Waals surface area contributed by atoms with Gasteiger partial charge in [-0.25, -0.2) is 9.97 Å². The minimum Gasteiger partial charge on any atom is -0.480 e. The zero-order chi connectivity index (χ0) is 13.7. The highest BCUT2D eigenvalue weighted by molar-refractivity contribution is 9.10. The molecule has 0 saturated heterocycles. The fraction of sp³-hybridized carbons (Fsp3) is 0.0833. The Bertz CT molecular complexity index is 591. The van der Waals surface area contributed by atoms with Gasteiger partial charge in [0, 0.05) is 10.5 Å². The number of aliphatic carboxylic acids is 1. The van der Waals surface area contributed by atoms with Gasteiger partial charge in [0.05, 0.1) is 5.69 Å². The molecule has 19 heavy (non-hydrogen) atoms. The summed E-state index contributed by atoms with van der Waals surface area (Å²) in [7, 11) is 0. The minimum absolute atomic E-state index is 0.189. The number of carbonyl (C=O) groups is 1. The number of nitrogens with one attached hydrogen (secondary N) is 2. The standard InChI is InChI=1S/C12H11BrN4O2/c13-8-3-1-2-4-9(8)17-11-5-10(15-7-16-11)14-6-12(18)19/h1-5,7H,6H2,(H,18,19)(H2,14,15,16,17). The van der Waals surface area contributed by atoms with Crippen molar-refractivity contribution >= 4 is 39.2 Å². The lowest BCUT2D eigenvalue weighted by Crippen LogP contribution is -2.13. The molecule has 0 aliphatic heterocycles. The van der Waals surface area contributed by atoms with Crippen molar-refractivity contribution in [1.82, 2.24) is 9.97 Å². The summed E-state index contributed by atoms with van der Waals surface area (Å²) in [6.07, 6.45) is 1.36. The Hall–Kier alpha value is -2.15. The molecule has 2 aromatic rings. The van der Waals surface area contributed by atoms with Gasteiger partial charge in [-0.15, -0.1) is 0 Å². The Morgan fingerprint density at radius 2 is 2.00 bits per heavy atom. The summed E-state index contributed by atoms with van der Waals surface area (Å²) in [5.41, 5.74) is 0.866. The van der Waals surface area contributed by atoms with Gasteiger partial charge < -0.3 is 15.7 Å². The van der Waals surface area contributed by atoms with Crippen LogP contribution in [0.3, 0.4) is 0 Å². The molecular formula is C12H11BrN4O2. The van der Waals surface area contributed by atoms with Crippen molar-refractivity contribution < 1.29 is 9.90 Å². The molecule has 0 unspecified atom stereocenters. The van der Waals surface area contributed by atoms with Crippen LogP contribution in [0, 0.1) is 0 Å². The summed E-state index contributed by atoms with van der Waals surface area (Å²) < 4.78 is 0.911. The van der Waals surface area contributed by atoms with Gasteiger partial charge in [-0.05, 0) is 28.1 Å². The molecular weight excluding hydrogens is 312 g/mol. The van der Waals surface area contributed by atoms with Crippen molar-refractivity contribution in [1.29, 1.82) is 0 Å². The van der Waals surface area contributed by atoms with Crippen molar-refractivity contribution in [2.24, 2.45) is 0 Å². The van der Waals surface area contributed by atoms with E-state index in [-0.39, 0.29) is 6.54 Å². The van der Waals surface area contributed by atoms with Crippen LogP contribution >= 0.6 is 15.9 Å². The van der Waals surface area contributed by atoms with E-state index in [2.05, 4.69) is 36.5 Å². The highest BCUT2D eigenvalue weighted by atomic mass is 79.9. The fourth-order valence-corrected chi connectivity index (χ4v) is 1.77. The molecule has 1 heterocycles. The van der Waals surface area contributed by atoms with Gasteiger partial charge in [-0.3, -0.25) is 4.79 Å². The van der Waals surface area contributed by atoms with E-state index in [4.69, 9.17) is 5.11 Å². The number of anilines is 3. The molecule has 6 nitrogen and oxygen atoms in total. The fourth-order valence-electron chi connectivity index (χ4n) is 1.39. The molecule has 0 aliphatic rings. The van der Waals surface area contributed by atoms with Gasteiger partial charge >= 0.3 is 5.97 Å². The molecule has 0 spiro atoms. The van der Waals surface area contributed by atoms with Crippen LogP contribution in [0.5, 0.6) is 0 Å². The number of hydrogen-bond acceptors (Lipinski definition) is 5. The third kappa shape index (κ3) is 3.92. The van der Waals surface area contributed by atoms with Gasteiger partial charge in [-0.1, -0.05) is 12.1 Å². The van der Waals surface area contributed by atoms with Crippen LogP contribution < -0.4 is 10.6 Å². The van der Waals surface area contributed by atoms with Gasteiger partial charge in [-0.2, -0.15) is 0 Å². The van der Waals surface area contributed by atoms with E-state index in [1.807, 2.05) is 24.3 Å². The van der Waals surface area contributed by atoms with E-state index in [1.165, 1.54) is 6.33 Å². The maximum Gasteiger partial charge on any atom is 0.322 e. The number of hydrogen-bond donors (Lipinski definition) is 3. The molecule has 3 N–H and O–H groups in total. The average molecular weight is 323 g/mol. The molecule has 0 radical (unpaired) electrons. The summed E-state index contributed by atoms with van der Waals surface area (Å²) in [4.78, 5) is 18.5. The quantitative estimate of drug-likeness (QED) is 0.784. The molecule has 7 heteroatoms. The lowest BCUT2D eigenvalue weighted by atomic mass is 10.3. The van der Waals surface area contributed by atoms with Crippen molar-refractivity contribution in [3.05, 3.63) is 41.1 Å². The van der Waals surface area contributed by atoms with E-state index >= 15 is 0 Å². The Morgan fingerprint density at radius 3 is 2.74 bits per heavy atom. The SMILES string of the molecule is O=C(O)CNc1cc(Nc2ccccc2Br)ncn1. The van der Waals surface area contributed by atoms with E-state index in [0.29, 0.717) is 11.6 Å².